The van der Waals surface area contributed by atoms with Crippen LogP contribution < -0.4 is 0 Å². The van der Waals surface area contributed by atoms with Crippen LogP contribution in [-0.4, -0.2) is 15.0 Å². The second-order valence-electron chi connectivity index (χ2n) is 11.2. The number of hydrogen-bond donors (Lipinski definition) is 0. The molecule has 7 aromatic carbocycles. The Kier molecular flexibility index (Phi) is 4.96. The van der Waals surface area contributed by atoms with Crippen molar-refractivity contribution < 1.29 is 15.1 Å². The Morgan fingerprint density at radius 3 is 1.43 bits per heavy atom. The lowest BCUT2D eigenvalue weighted by Crippen LogP contribution is -2.00. The lowest BCUT2D eigenvalue weighted by Gasteiger charge is -2.10. The van der Waals surface area contributed by atoms with E-state index >= 15 is 0 Å². The molecule has 9 rings (SSSR count). The normalized spacial score (nSPS) is 14.4. The first-order valence-electron chi connectivity index (χ1n) is 21.0. The maximum atomic E-state index is 9.29. The predicted octanol–water partition coefficient (Wildman–Crippen LogP) is 12.2. The van der Waals surface area contributed by atoms with Crippen molar-refractivity contribution in [3.8, 4) is 67.5 Å². The average Bonchev–Trinajstić information content (AvgIpc) is 3.69. The number of thiophene rings is 1. The van der Waals surface area contributed by atoms with Crippen molar-refractivity contribution in [3.05, 3.63) is 176 Å². The molecule has 0 saturated carbocycles. The van der Waals surface area contributed by atoms with E-state index in [-0.39, 0.29) is 66.4 Å². The van der Waals surface area contributed by atoms with Crippen molar-refractivity contribution in [1.29, 1.82) is 0 Å². The van der Waals surface area contributed by atoms with E-state index in [1.807, 2.05) is 60.7 Å². The second kappa shape index (κ2) is 12.4. The van der Waals surface area contributed by atoms with Crippen LogP contribution in [0.4, 0.5) is 0 Å². The first-order chi connectivity index (χ1) is 28.8. The number of hydrogen-bond acceptors (Lipinski definition) is 4. The molecule has 0 atom stereocenters. The number of fused-ring (bicyclic) bond motifs is 3. The van der Waals surface area contributed by atoms with Crippen LogP contribution in [0.25, 0.3) is 87.7 Å². The first kappa shape index (κ1) is 19.6. The third kappa shape index (κ3) is 5.58. The summed E-state index contributed by atoms with van der Waals surface area (Å²) in [6.07, 6.45) is 0. The van der Waals surface area contributed by atoms with Gasteiger partial charge in [-0.15, -0.1) is 11.3 Å². The van der Waals surface area contributed by atoms with E-state index in [2.05, 4.69) is 41.4 Å². The Morgan fingerprint density at radius 1 is 0.367 bits per heavy atom. The summed E-state index contributed by atoms with van der Waals surface area (Å²) in [5.74, 6) is 0.331. The highest BCUT2D eigenvalue weighted by molar-refractivity contribution is 7.25. The zero-order valence-electron chi connectivity index (χ0n) is 36.6. The summed E-state index contributed by atoms with van der Waals surface area (Å²) in [4.78, 5) is 14.2. The van der Waals surface area contributed by atoms with Crippen LogP contribution in [-0.2, 0) is 0 Å². The molecule has 0 N–H and O–H groups in total. The third-order valence-electron chi connectivity index (χ3n) is 8.18. The zero-order chi connectivity index (χ0) is 42.1. The largest absolute Gasteiger partial charge is 0.208 e. The predicted molar refractivity (Wildman–Crippen MR) is 205 cm³/mol. The van der Waals surface area contributed by atoms with Crippen molar-refractivity contribution in [1.82, 2.24) is 15.0 Å². The second-order valence-corrected chi connectivity index (χ2v) is 12.2. The highest BCUT2D eigenvalue weighted by atomic mass is 32.1. The molecule has 0 radical (unpaired) electrons. The van der Waals surface area contributed by atoms with Crippen LogP contribution >= 0.6 is 11.3 Å². The Bertz CT molecular complexity index is 3170. The minimum Gasteiger partial charge on any atom is -0.208 e. The van der Waals surface area contributed by atoms with Crippen LogP contribution in [0.3, 0.4) is 0 Å². The number of aromatic nitrogens is 3. The minimum absolute atomic E-state index is 0.00838. The van der Waals surface area contributed by atoms with Crippen molar-refractivity contribution in [3.63, 3.8) is 0 Å². The topological polar surface area (TPSA) is 38.7 Å². The zero-order valence-corrected chi connectivity index (χ0v) is 26.5. The van der Waals surface area contributed by atoms with E-state index in [0.717, 1.165) is 33.6 Å². The fraction of sp³-hybridized carbons (Fsp3) is 0. The molecule has 0 aliphatic heterocycles. The summed E-state index contributed by atoms with van der Waals surface area (Å²) in [6, 6.07) is 29.5. The van der Waals surface area contributed by atoms with Gasteiger partial charge in [0.15, 0.2) is 17.5 Å². The van der Waals surface area contributed by atoms with Gasteiger partial charge in [0.1, 0.15) is 0 Å². The van der Waals surface area contributed by atoms with Crippen molar-refractivity contribution in [2.75, 3.05) is 0 Å². The quantitative estimate of drug-likeness (QED) is 0.179. The van der Waals surface area contributed by atoms with Crippen LogP contribution in [0.15, 0.2) is 176 Å². The highest BCUT2D eigenvalue weighted by Gasteiger charge is 2.14. The lowest BCUT2D eigenvalue weighted by molar-refractivity contribution is 1.07. The van der Waals surface area contributed by atoms with E-state index in [1.54, 1.807) is 12.1 Å². The van der Waals surface area contributed by atoms with E-state index in [0.29, 0.717) is 11.1 Å². The molecule has 0 aliphatic carbocycles. The molecular formula is C45H29N3S. The molecule has 0 bridgehead atoms. The fourth-order valence-electron chi connectivity index (χ4n) is 5.73. The molecule has 4 heteroatoms. The Balaban J connectivity index is 1.21. The van der Waals surface area contributed by atoms with Gasteiger partial charge in [-0.2, -0.15) is 0 Å². The van der Waals surface area contributed by atoms with Crippen LogP contribution in [0.5, 0.6) is 0 Å². The van der Waals surface area contributed by atoms with Crippen LogP contribution in [0.2, 0.25) is 0 Å². The van der Waals surface area contributed by atoms with Crippen molar-refractivity contribution >= 4 is 31.5 Å². The number of benzene rings is 7. The Labute approximate surface area is 304 Å². The molecule has 2 aromatic heterocycles. The molecule has 0 saturated heterocycles. The molecule has 0 unspecified atom stereocenters. The van der Waals surface area contributed by atoms with Crippen molar-refractivity contribution in [2.45, 2.75) is 0 Å². The molecule has 49 heavy (non-hydrogen) atoms. The smallest absolute Gasteiger partial charge is 0.164 e. The van der Waals surface area contributed by atoms with Crippen LogP contribution in [0.1, 0.15) is 15.1 Å². The van der Waals surface area contributed by atoms with E-state index in [4.69, 9.17) is 19.6 Å². The first-order valence-corrected chi connectivity index (χ1v) is 16.3. The van der Waals surface area contributed by atoms with Gasteiger partial charge in [-0.3, -0.25) is 0 Å². The summed E-state index contributed by atoms with van der Waals surface area (Å²) < 4.78 is 97.5. The molecule has 230 valence electrons. The maximum absolute atomic E-state index is 9.29. The standard InChI is InChI=1S/C45H29N3S/c1-3-10-30(11-4-1)31-18-20-32(21-19-31)33-22-26-36(27-23-33)44-46-43(35-12-5-2-6-13-35)47-45(48-44)37-28-24-34(25-29-37)38-15-9-17-41-42(38)39-14-7-8-16-40(39)49-41/h1-29H/i7D,8D,9D,14D,15D,16D,17D,24D,25D,28D,29D. The molecule has 0 fully saturated rings. The van der Waals surface area contributed by atoms with Gasteiger partial charge in [0.05, 0.1) is 15.1 Å². The van der Waals surface area contributed by atoms with Gasteiger partial charge in [-0.1, -0.05) is 164 Å². The average molecular weight is 655 g/mol. The highest BCUT2D eigenvalue weighted by Crippen LogP contribution is 2.40. The lowest BCUT2D eigenvalue weighted by atomic mass is 9.98. The summed E-state index contributed by atoms with van der Waals surface area (Å²) in [5, 5.41) is -0.0327. The van der Waals surface area contributed by atoms with Crippen molar-refractivity contribution in [2.24, 2.45) is 0 Å². The third-order valence-corrected chi connectivity index (χ3v) is 9.20. The molecule has 9 aromatic rings. The summed E-state index contributed by atoms with van der Waals surface area (Å²) in [7, 11) is 0. The minimum atomic E-state index is -0.580. The van der Waals surface area contributed by atoms with Gasteiger partial charge < -0.3 is 0 Å². The molecule has 3 nitrogen and oxygen atoms in total. The summed E-state index contributed by atoms with van der Waals surface area (Å²) >= 11 is 0.857. The Morgan fingerprint density at radius 2 is 0.816 bits per heavy atom. The summed E-state index contributed by atoms with van der Waals surface area (Å²) in [5.41, 5.74) is 4.60. The molecule has 0 spiro atoms. The van der Waals surface area contributed by atoms with E-state index < -0.39 is 54.4 Å². The molecule has 0 aliphatic rings. The van der Waals surface area contributed by atoms with E-state index in [1.165, 1.54) is 0 Å². The van der Waals surface area contributed by atoms with Gasteiger partial charge in [0.2, 0.25) is 0 Å². The number of nitrogens with zero attached hydrogens (tertiary/aromatic N) is 3. The Hall–Kier alpha value is -6.23. The summed E-state index contributed by atoms with van der Waals surface area (Å²) in [6.45, 7) is 0. The SMILES string of the molecule is [2H]c1c([2H])c(-c2c([2H])c([2H])c([2H])c3sc4c([2H])c([2H])c([2H])c([2H])c4c23)c([2H])c([2H])c1-c1nc(-c2ccccc2)nc(-c2ccc(-c3ccc(-c4ccccc4)cc3)cc2)n1. The van der Waals surface area contributed by atoms with Gasteiger partial charge >= 0.3 is 0 Å². The maximum Gasteiger partial charge on any atom is 0.164 e. The monoisotopic (exact) mass is 654 g/mol. The fourth-order valence-corrected chi connectivity index (χ4v) is 6.70. The van der Waals surface area contributed by atoms with Gasteiger partial charge in [-0.25, -0.2) is 15.0 Å². The van der Waals surface area contributed by atoms with Crippen LogP contribution in [0, 0.1) is 0 Å². The molecule has 0 amide bonds. The van der Waals surface area contributed by atoms with Gasteiger partial charge in [0, 0.05) is 36.9 Å². The molecular weight excluding hydrogens is 615 g/mol. The van der Waals surface area contributed by atoms with Gasteiger partial charge in [-0.05, 0) is 45.5 Å². The number of rotatable bonds is 6. The van der Waals surface area contributed by atoms with E-state index in [9.17, 15) is 5.48 Å². The van der Waals surface area contributed by atoms with Gasteiger partial charge in [0.25, 0.3) is 0 Å². The molecule has 2 heterocycles.